The molecule has 3 nitrogen and oxygen atoms in total. The monoisotopic (exact) mass is 284 g/mol. The number of rotatable bonds is 1. The Labute approximate surface area is 114 Å². The quantitative estimate of drug-likeness (QED) is 0.805. The molecule has 1 heterocycles. The Hall–Kier alpha value is -1.43. The molecule has 2 aliphatic carbocycles. The third kappa shape index (κ3) is 1.51. The maximum atomic E-state index is 13.2. The zero-order valence-electron chi connectivity index (χ0n) is 10.8. The molecule has 3 fully saturated rings. The van der Waals surface area contributed by atoms with E-state index in [0.717, 1.165) is 25.3 Å². The summed E-state index contributed by atoms with van der Waals surface area (Å²) in [5.74, 6) is 0.534. The van der Waals surface area contributed by atoms with Gasteiger partial charge in [0.1, 0.15) is 0 Å². The van der Waals surface area contributed by atoms with Crippen molar-refractivity contribution in [2.24, 2.45) is 11.3 Å². The number of nitrogens with zero attached hydrogens (tertiary/aromatic N) is 1. The van der Waals surface area contributed by atoms with Crippen LogP contribution in [0.3, 0.4) is 0 Å². The third-order valence-corrected chi connectivity index (χ3v) is 5.11. The minimum absolute atomic E-state index is 0.0962. The van der Waals surface area contributed by atoms with Crippen molar-refractivity contribution in [2.45, 2.75) is 31.5 Å². The van der Waals surface area contributed by atoms with Gasteiger partial charge < -0.3 is 5.73 Å². The lowest BCUT2D eigenvalue weighted by molar-refractivity contribution is -0.138. The topological polar surface area (TPSA) is 38.5 Å². The third-order valence-electron chi connectivity index (χ3n) is 5.11. The molecule has 0 radical (unpaired) electrons. The van der Waals surface area contributed by atoms with Crippen LogP contribution in [0.1, 0.15) is 24.8 Å². The molecule has 108 valence electrons. The van der Waals surface area contributed by atoms with Gasteiger partial charge in [0.25, 0.3) is 0 Å². The lowest BCUT2D eigenvalue weighted by atomic mass is 9.69. The van der Waals surface area contributed by atoms with E-state index in [2.05, 4.69) is 0 Å². The molecule has 4 rings (SSSR count). The van der Waals surface area contributed by atoms with Gasteiger partial charge in [-0.3, -0.25) is 4.84 Å². The second-order valence-electron chi connectivity index (χ2n) is 6.08. The van der Waals surface area contributed by atoms with Gasteiger partial charge in [-0.25, -0.2) is 5.06 Å². The largest absolute Gasteiger partial charge is 0.418 e. The number of benzene rings is 1. The minimum atomic E-state index is -4.42. The van der Waals surface area contributed by atoms with E-state index in [9.17, 15) is 13.2 Å². The van der Waals surface area contributed by atoms with Crippen molar-refractivity contribution in [1.29, 1.82) is 0 Å². The van der Waals surface area contributed by atoms with Crippen LogP contribution in [-0.4, -0.2) is 12.6 Å². The number of nitrogens with two attached hydrogens (primary N) is 1. The summed E-state index contributed by atoms with van der Waals surface area (Å²) in [4.78, 5) is 5.61. The molecule has 1 aliphatic heterocycles. The standard InChI is InChI=1S/C14H15F3N2O/c15-14(16,17)10-5-9(18)1-2-11(10)19-12-6-13(12)4-3-8(13)7-20-19/h1-2,5,8,12H,3-4,6-7,18H2. The first-order valence-electron chi connectivity index (χ1n) is 6.81. The lowest BCUT2D eigenvalue weighted by Gasteiger charge is -2.45. The zero-order chi connectivity index (χ0) is 14.1. The van der Waals surface area contributed by atoms with E-state index in [0.29, 0.717) is 12.5 Å². The van der Waals surface area contributed by atoms with Crippen LogP contribution in [0.2, 0.25) is 0 Å². The Morgan fingerprint density at radius 3 is 2.80 bits per heavy atom. The molecule has 20 heavy (non-hydrogen) atoms. The Kier molecular flexibility index (Phi) is 2.22. The first-order chi connectivity index (χ1) is 9.42. The average molecular weight is 284 g/mol. The highest BCUT2D eigenvalue weighted by Gasteiger charge is 2.69. The van der Waals surface area contributed by atoms with Crippen LogP contribution in [0.5, 0.6) is 0 Å². The molecule has 3 atom stereocenters. The Morgan fingerprint density at radius 2 is 2.15 bits per heavy atom. The van der Waals surface area contributed by atoms with E-state index in [-0.39, 0.29) is 22.8 Å². The van der Waals surface area contributed by atoms with Gasteiger partial charge in [-0.05, 0) is 43.4 Å². The molecule has 0 amide bonds. The second-order valence-corrected chi connectivity index (χ2v) is 6.08. The number of anilines is 2. The molecular weight excluding hydrogens is 269 g/mol. The van der Waals surface area contributed by atoms with Crippen LogP contribution in [0.4, 0.5) is 24.5 Å². The van der Waals surface area contributed by atoms with Crippen LogP contribution < -0.4 is 10.8 Å². The van der Waals surface area contributed by atoms with Gasteiger partial charge in [0, 0.05) is 11.1 Å². The van der Waals surface area contributed by atoms with Gasteiger partial charge in [-0.15, -0.1) is 0 Å². The minimum Gasteiger partial charge on any atom is -0.399 e. The van der Waals surface area contributed by atoms with E-state index < -0.39 is 11.7 Å². The summed E-state index contributed by atoms with van der Waals surface area (Å²) in [6.45, 7) is 0.526. The molecule has 1 aromatic carbocycles. The van der Waals surface area contributed by atoms with E-state index in [4.69, 9.17) is 10.6 Å². The van der Waals surface area contributed by atoms with Gasteiger partial charge in [-0.2, -0.15) is 13.2 Å². The average Bonchev–Trinajstić information content (AvgIpc) is 3.10. The highest BCUT2D eigenvalue weighted by atomic mass is 19.4. The fourth-order valence-corrected chi connectivity index (χ4v) is 3.76. The molecule has 6 heteroatoms. The van der Waals surface area contributed by atoms with Crippen LogP contribution in [0, 0.1) is 11.3 Å². The predicted molar refractivity (Wildman–Crippen MR) is 67.8 cm³/mol. The summed E-state index contributed by atoms with van der Waals surface area (Å²) >= 11 is 0. The van der Waals surface area contributed by atoms with E-state index >= 15 is 0 Å². The van der Waals surface area contributed by atoms with Gasteiger partial charge in [0.05, 0.1) is 23.9 Å². The Morgan fingerprint density at radius 1 is 1.35 bits per heavy atom. The maximum absolute atomic E-state index is 13.2. The first-order valence-corrected chi connectivity index (χ1v) is 6.81. The second kappa shape index (κ2) is 3.61. The van der Waals surface area contributed by atoms with Crippen LogP contribution >= 0.6 is 0 Å². The van der Waals surface area contributed by atoms with Gasteiger partial charge in [-0.1, -0.05) is 0 Å². The highest BCUT2D eigenvalue weighted by molar-refractivity contribution is 5.61. The fraction of sp³-hybridized carbons (Fsp3) is 0.571. The number of hydrogen-bond donors (Lipinski definition) is 1. The number of hydrogen-bond acceptors (Lipinski definition) is 3. The number of nitrogen functional groups attached to an aromatic ring is 1. The molecule has 1 saturated heterocycles. The van der Waals surface area contributed by atoms with Crippen molar-refractivity contribution in [1.82, 2.24) is 0 Å². The van der Waals surface area contributed by atoms with Crippen molar-refractivity contribution in [3.05, 3.63) is 23.8 Å². The van der Waals surface area contributed by atoms with Gasteiger partial charge in [0.15, 0.2) is 0 Å². The maximum Gasteiger partial charge on any atom is 0.418 e. The molecule has 2 N–H and O–H groups in total. The predicted octanol–water partition coefficient (Wildman–Crippen LogP) is 3.21. The summed E-state index contributed by atoms with van der Waals surface area (Å²) in [7, 11) is 0. The van der Waals surface area contributed by atoms with E-state index in [1.807, 2.05) is 0 Å². The summed E-state index contributed by atoms with van der Waals surface area (Å²) in [5, 5.41) is 1.48. The van der Waals surface area contributed by atoms with E-state index in [1.54, 1.807) is 0 Å². The lowest BCUT2D eigenvalue weighted by Crippen LogP contribution is -2.47. The molecule has 3 unspecified atom stereocenters. The zero-order valence-corrected chi connectivity index (χ0v) is 10.8. The molecule has 3 aliphatic rings. The van der Waals surface area contributed by atoms with Crippen LogP contribution in [0.15, 0.2) is 18.2 Å². The highest BCUT2D eigenvalue weighted by Crippen LogP contribution is 2.69. The number of hydroxylamine groups is 1. The van der Waals surface area contributed by atoms with Crippen molar-refractivity contribution in [2.75, 3.05) is 17.4 Å². The first kappa shape index (κ1) is 12.3. The van der Waals surface area contributed by atoms with Crippen molar-refractivity contribution < 1.29 is 18.0 Å². The number of halogens is 3. The fourth-order valence-electron chi connectivity index (χ4n) is 3.76. The molecule has 2 saturated carbocycles. The summed E-state index contributed by atoms with van der Waals surface area (Å²) in [5.41, 5.74) is 5.22. The smallest absolute Gasteiger partial charge is 0.399 e. The summed E-state index contributed by atoms with van der Waals surface area (Å²) in [6, 6.07) is 4.00. The summed E-state index contributed by atoms with van der Waals surface area (Å²) < 4.78 is 39.5. The summed E-state index contributed by atoms with van der Waals surface area (Å²) in [6.07, 6.45) is -1.23. The van der Waals surface area contributed by atoms with Gasteiger partial charge in [0.2, 0.25) is 0 Å². The number of alkyl halides is 3. The van der Waals surface area contributed by atoms with Crippen molar-refractivity contribution in [3.63, 3.8) is 0 Å². The Bertz CT molecular complexity index is 574. The van der Waals surface area contributed by atoms with Crippen LogP contribution in [0.25, 0.3) is 0 Å². The Balaban J connectivity index is 1.72. The molecular formula is C14H15F3N2O. The van der Waals surface area contributed by atoms with Crippen molar-refractivity contribution in [3.8, 4) is 0 Å². The normalized spacial score (nSPS) is 35.0. The van der Waals surface area contributed by atoms with E-state index in [1.165, 1.54) is 17.2 Å². The molecule has 1 aromatic rings. The molecule has 0 aromatic heterocycles. The molecule has 0 bridgehead atoms. The van der Waals surface area contributed by atoms with Gasteiger partial charge >= 0.3 is 6.18 Å². The van der Waals surface area contributed by atoms with Crippen LogP contribution in [-0.2, 0) is 11.0 Å². The van der Waals surface area contributed by atoms with Crippen molar-refractivity contribution >= 4 is 11.4 Å². The SMILES string of the molecule is Nc1ccc(N2OCC3CCC34CC24)c(C(F)(F)F)c1. The molecule has 1 spiro atoms.